The summed E-state index contributed by atoms with van der Waals surface area (Å²) in [5.74, 6) is -1.29. The first-order valence-electron chi connectivity index (χ1n) is 35.1. The average molecular weight is 1470 g/mol. The van der Waals surface area contributed by atoms with E-state index in [0.717, 1.165) is 148 Å². The smallest absolute Gasteiger partial charge is 0.410 e. The van der Waals surface area contributed by atoms with Crippen molar-refractivity contribution < 1.29 is 38.6 Å². The number of nitrogen functional groups attached to an aromatic ring is 3. The molecular formula is C79H89N15O8S3. The van der Waals surface area contributed by atoms with E-state index < -0.39 is 5.97 Å². The highest BCUT2D eigenvalue weighted by Gasteiger charge is 2.26. The number of nitrogens with zero attached hydrogens (tertiary/aromatic N) is 8. The highest BCUT2D eigenvalue weighted by molar-refractivity contribution is 7.22. The number of rotatable bonds is 18. The SMILES string of the molecule is Cc1ccc2c(N)c(C(=O)NCCc3ccc(N4CCN(C(=O)OCc5ccccc5)CC4)cc3)sc2n1.Cc1ccc2c(N)c(C(=O)NCCc3ccc(N4CCNCC4)cc3)sc2n1.Cc1ccc2c(N)c(C(=O)O)sc2n1.NCCc1ccc(N2CCN(C(=O)OCc3ccccc3)CC2)cc1. The Morgan fingerprint density at radius 1 is 0.429 bits per heavy atom. The van der Waals surface area contributed by atoms with Crippen molar-refractivity contribution in [2.75, 3.05) is 130 Å². The predicted octanol–water partition coefficient (Wildman–Crippen LogP) is 11.7. The Balaban J connectivity index is 0.000000147. The number of carbonyl (C=O) groups is 5. The fourth-order valence-corrected chi connectivity index (χ4v) is 15.3. The number of hydrogen-bond acceptors (Lipinski definition) is 21. The number of fused-ring (bicyclic) bond motifs is 3. The van der Waals surface area contributed by atoms with Crippen molar-refractivity contribution in [3.8, 4) is 0 Å². The Kier molecular flexibility index (Phi) is 26.2. The van der Waals surface area contributed by atoms with Crippen LogP contribution in [0.4, 0.5) is 43.7 Å². The molecule has 9 heterocycles. The number of piperazine rings is 3. The van der Waals surface area contributed by atoms with Gasteiger partial charge < -0.3 is 78.0 Å². The number of aromatic nitrogens is 3. The molecule has 3 aliphatic heterocycles. The quantitative estimate of drug-likeness (QED) is 0.0396. The lowest BCUT2D eigenvalue weighted by Crippen LogP contribution is -2.48. The number of carboxylic acids is 1. The molecule has 105 heavy (non-hydrogen) atoms. The number of nitrogens with one attached hydrogen (secondary N) is 3. The van der Waals surface area contributed by atoms with Gasteiger partial charge in [-0.2, -0.15) is 0 Å². The Morgan fingerprint density at radius 3 is 1.11 bits per heavy atom. The van der Waals surface area contributed by atoms with Gasteiger partial charge in [-0.15, -0.1) is 34.0 Å². The molecule has 5 aromatic carbocycles. The summed E-state index contributed by atoms with van der Waals surface area (Å²) in [6, 6.07) is 56.2. The lowest BCUT2D eigenvalue weighted by molar-refractivity contribution is 0.0702. The summed E-state index contributed by atoms with van der Waals surface area (Å²) < 4.78 is 10.9. The van der Waals surface area contributed by atoms with Gasteiger partial charge in [-0.1, -0.05) is 97.1 Å². The molecule has 0 radical (unpaired) electrons. The summed E-state index contributed by atoms with van der Waals surface area (Å²) in [6.45, 7) is 18.0. The van der Waals surface area contributed by atoms with Crippen molar-refractivity contribution in [1.29, 1.82) is 0 Å². The van der Waals surface area contributed by atoms with Gasteiger partial charge in [-0.05, 0) is 147 Å². The first-order chi connectivity index (χ1) is 50.9. The standard InChI is InChI=1S/C29H31N5O3S.C21H25N5OS.C20H25N3O2.C9H8N2O2S/c1-20-7-12-24-25(30)26(38-28(24)32-20)27(35)31-14-13-21-8-10-23(11-9-21)33-15-17-34(18-16-33)29(36)37-19-22-5-3-2-4-6-22;1-14-2-7-17-18(22)19(28-21(17)25-14)20(27)24-9-8-15-3-5-16(6-4-15)26-12-10-23-11-13-26;21-11-10-17-6-8-19(9-7-17)22-12-14-23(15-13-22)20(24)25-16-18-4-2-1-3-5-18;1-4-2-3-5-6(10)7(9(12)13)14-8(5)11-4/h2-12H,13-19,30H2,1H3,(H,31,35);2-7,23H,8-13,22H2,1H3,(H,24,27);1-9H,10-16,21H2;2-3H,10H2,1H3,(H,12,13). The van der Waals surface area contributed by atoms with Gasteiger partial charge in [0.15, 0.2) is 0 Å². The van der Waals surface area contributed by atoms with Crippen molar-refractivity contribution in [3.63, 3.8) is 0 Å². The average Bonchev–Trinajstić information content (AvgIpc) is 1.67. The second-order valence-electron chi connectivity index (χ2n) is 25.6. The van der Waals surface area contributed by atoms with Crippen LogP contribution in [-0.4, -0.2) is 158 Å². The number of amides is 4. The minimum atomic E-state index is -0.997. The van der Waals surface area contributed by atoms with E-state index in [0.29, 0.717) is 84.1 Å². The summed E-state index contributed by atoms with van der Waals surface area (Å²) in [5, 5.41) is 20.6. The van der Waals surface area contributed by atoms with Crippen LogP contribution in [0.3, 0.4) is 0 Å². The Morgan fingerprint density at radius 2 is 0.762 bits per heavy atom. The number of pyridine rings is 3. The van der Waals surface area contributed by atoms with Gasteiger partial charge in [0.2, 0.25) is 0 Å². The second-order valence-corrected chi connectivity index (χ2v) is 28.6. The van der Waals surface area contributed by atoms with Crippen LogP contribution in [0.1, 0.15) is 73.9 Å². The number of nitrogens with two attached hydrogens (primary N) is 4. The van der Waals surface area contributed by atoms with E-state index >= 15 is 0 Å². The van der Waals surface area contributed by atoms with Crippen molar-refractivity contribution >= 4 is 129 Å². The second kappa shape index (κ2) is 36.5. The van der Waals surface area contributed by atoms with Crippen molar-refractivity contribution in [2.45, 2.75) is 53.2 Å². The monoisotopic (exact) mass is 1470 g/mol. The molecule has 0 bridgehead atoms. The van der Waals surface area contributed by atoms with E-state index in [2.05, 4.69) is 118 Å². The van der Waals surface area contributed by atoms with Crippen LogP contribution < -0.4 is 53.6 Å². The molecule has 3 fully saturated rings. The molecule has 26 heteroatoms. The van der Waals surface area contributed by atoms with Gasteiger partial charge in [0.1, 0.15) is 42.3 Å². The topological polar surface area (TPSA) is 319 Å². The lowest BCUT2D eigenvalue weighted by Gasteiger charge is -2.35. The highest BCUT2D eigenvalue weighted by atomic mass is 32.1. The molecule has 12 N–H and O–H groups in total. The van der Waals surface area contributed by atoms with Crippen LogP contribution in [0.5, 0.6) is 0 Å². The first-order valence-corrected chi connectivity index (χ1v) is 37.5. The molecule has 0 saturated carbocycles. The van der Waals surface area contributed by atoms with Crippen LogP contribution in [0.2, 0.25) is 0 Å². The van der Waals surface area contributed by atoms with Crippen LogP contribution in [0.25, 0.3) is 30.6 Å². The number of thiophene rings is 3. The number of anilines is 6. The number of benzene rings is 5. The summed E-state index contributed by atoms with van der Waals surface area (Å²) >= 11 is 3.79. The van der Waals surface area contributed by atoms with Crippen molar-refractivity contribution in [3.05, 3.63) is 229 Å². The fraction of sp³-hybridized carbons (Fsp3) is 0.291. The molecule has 23 nitrogen and oxygen atoms in total. The van der Waals surface area contributed by atoms with Gasteiger partial charge in [-0.3, -0.25) is 9.59 Å². The van der Waals surface area contributed by atoms with Gasteiger partial charge in [-0.25, -0.2) is 29.3 Å². The minimum absolute atomic E-state index is 0.129. The Bertz CT molecular complexity index is 4730. The molecular weight excluding hydrogens is 1380 g/mol. The zero-order chi connectivity index (χ0) is 73.8. The van der Waals surface area contributed by atoms with E-state index in [1.807, 2.05) is 112 Å². The van der Waals surface area contributed by atoms with Gasteiger partial charge >= 0.3 is 18.2 Å². The Hall–Kier alpha value is -10.9. The van der Waals surface area contributed by atoms with Crippen LogP contribution >= 0.6 is 34.0 Å². The number of carbonyl (C=O) groups excluding carboxylic acids is 4. The molecule has 0 aliphatic carbocycles. The maximum atomic E-state index is 12.7. The van der Waals surface area contributed by atoms with Crippen LogP contribution in [-0.2, 0) is 41.9 Å². The molecule has 3 aliphatic rings. The number of carboxylic acid groups (broad SMARTS) is 1. The lowest BCUT2D eigenvalue weighted by atomic mass is 10.1. The molecule has 0 atom stereocenters. The molecule has 11 aromatic rings. The number of ether oxygens (including phenoxy) is 2. The summed E-state index contributed by atoms with van der Waals surface area (Å²) in [7, 11) is 0. The zero-order valence-corrected chi connectivity index (χ0v) is 61.7. The molecule has 6 aromatic heterocycles. The van der Waals surface area contributed by atoms with Gasteiger partial charge in [0.05, 0.1) is 17.1 Å². The summed E-state index contributed by atoms with van der Waals surface area (Å²) in [5.41, 5.74) is 36.8. The highest BCUT2D eigenvalue weighted by Crippen LogP contribution is 2.35. The van der Waals surface area contributed by atoms with E-state index in [1.165, 1.54) is 45.2 Å². The molecule has 3 saturated heterocycles. The first kappa shape index (κ1) is 75.3. The normalized spacial score (nSPS) is 13.6. The number of aryl methyl sites for hydroxylation is 3. The zero-order valence-electron chi connectivity index (χ0n) is 59.2. The van der Waals surface area contributed by atoms with Gasteiger partial charge in [0, 0.05) is 142 Å². The third-order valence-corrected chi connectivity index (χ3v) is 21.5. The van der Waals surface area contributed by atoms with Crippen molar-refractivity contribution in [2.24, 2.45) is 5.73 Å². The maximum Gasteiger partial charge on any atom is 0.410 e. The largest absolute Gasteiger partial charge is 0.477 e. The van der Waals surface area contributed by atoms with E-state index in [-0.39, 0.29) is 35.5 Å². The third kappa shape index (κ3) is 20.3. The third-order valence-electron chi connectivity index (χ3n) is 18.1. The van der Waals surface area contributed by atoms with Crippen molar-refractivity contribution in [1.82, 2.24) is 40.7 Å². The van der Waals surface area contributed by atoms with Crippen LogP contribution in [0, 0.1) is 20.8 Å². The van der Waals surface area contributed by atoms with E-state index in [9.17, 15) is 24.0 Å². The summed E-state index contributed by atoms with van der Waals surface area (Å²) in [6.07, 6.45) is 1.91. The van der Waals surface area contributed by atoms with Gasteiger partial charge in [0.25, 0.3) is 11.8 Å². The van der Waals surface area contributed by atoms with E-state index in [1.54, 1.807) is 15.9 Å². The molecule has 4 amide bonds. The predicted molar refractivity (Wildman–Crippen MR) is 423 cm³/mol. The summed E-state index contributed by atoms with van der Waals surface area (Å²) in [4.78, 5) is 87.8. The fourth-order valence-electron chi connectivity index (χ4n) is 12.2. The minimum Gasteiger partial charge on any atom is -0.477 e. The number of aromatic carboxylic acids is 1. The number of hydrogen-bond donors (Lipinski definition) is 8. The molecule has 0 spiro atoms. The molecule has 14 rings (SSSR count). The maximum absolute atomic E-state index is 12.7. The van der Waals surface area contributed by atoms with E-state index in [4.69, 9.17) is 37.5 Å². The van der Waals surface area contributed by atoms with Crippen LogP contribution in [0.15, 0.2) is 170 Å². The Labute approximate surface area is 622 Å². The molecule has 546 valence electrons. The molecule has 0 unspecified atom stereocenters.